The van der Waals surface area contributed by atoms with E-state index in [1.54, 1.807) is 12.1 Å². The van der Waals surface area contributed by atoms with E-state index in [0.29, 0.717) is 28.6 Å². The summed E-state index contributed by atoms with van der Waals surface area (Å²) in [6.07, 6.45) is 3.20. The first-order valence-electron chi connectivity index (χ1n) is 8.50. The molecule has 0 amide bonds. The van der Waals surface area contributed by atoms with Crippen molar-refractivity contribution in [1.29, 1.82) is 0 Å². The van der Waals surface area contributed by atoms with E-state index in [4.69, 9.17) is 21.1 Å². The van der Waals surface area contributed by atoms with Crippen LogP contribution in [-0.4, -0.2) is 24.9 Å². The van der Waals surface area contributed by atoms with Gasteiger partial charge in [0.2, 0.25) is 5.75 Å². The first-order valence-corrected chi connectivity index (χ1v) is 8.88. The third kappa shape index (κ3) is 5.59. The van der Waals surface area contributed by atoms with Gasteiger partial charge >= 0.3 is 5.69 Å². The predicted octanol–water partition coefficient (Wildman–Crippen LogP) is 5.19. The van der Waals surface area contributed by atoms with Gasteiger partial charge in [-0.2, -0.15) is 5.10 Å². The van der Waals surface area contributed by atoms with Gasteiger partial charge in [-0.15, -0.1) is 0 Å². The molecule has 2 aromatic carbocycles. The zero-order valence-corrected chi connectivity index (χ0v) is 16.2. The number of hydrogen-bond donors (Lipinski definition) is 1. The number of halogens is 1. The molecule has 2 aromatic rings. The molecule has 1 N–H and O–H groups in total. The van der Waals surface area contributed by atoms with E-state index in [-0.39, 0.29) is 11.4 Å². The van der Waals surface area contributed by atoms with Crippen molar-refractivity contribution in [2.24, 2.45) is 5.10 Å². The predicted molar refractivity (Wildman–Crippen MR) is 107 cm³/mol. The number of hydrogen-bond acceptors (Lipinski definition) is 6. The molecule has 8 heteroatoms. The molecule has 0 radical (unpaired) electrons. The van der Waals surface area contributed by atoms with Gasteiger partial charge in [-0.05, 0) is 37.1 Å². The molecule has 144 valence electrons. The number of benzene rings is 2. The highest BCUT2D eigenvalue weighted by Crippen LogP contribution is 2.38. The summed E-state index contributed by atoms with van der Waals surface area (Å²) < 4.78 is 10.8. The first kappa shape index (κ1) is 20.5. The SMILES string of the molecule is CCCCOc1c(OC)cc(/C=N/Nc2ccc(C)c(Cl)c2)cc1[N+](=O)[O-]. The summed E-state index contributed by atoms with van der Waals surface area (Å²) in [6.45, 7) is 4.31. The number of nitrogens with one attached hydrogen (secondary N) is 1. The van der Waals surface area contributed by atoms with E-state index < -0.39 is 4.92 Å². The average Bonchev–Trinajstić information content (AvgIpc) is 2.65. The average molecular weight is 392 g/mol. The van der Waals surface area contributed by atoms with Crippen LogP contribution in [0, 0.1) is 17.0 Å². The number of methoxy groups -OCH3 is 1. The molecule has 27 heavy (non-hydrogen) atoms. The zero-order valence-electron chi connectivity index (χ0n) is 15.5. The fourth-order valence-electron chi connectivity index (χ4n) is 2.28. The van der Waals surface area contributed by atoms with Crippen LogP contribution in [0.4, 0.5) is 11.4 Å². The second-order valence-corrected chi connectivity index (χ2v) is 6.27. The second-order valence-electron chi connectivity index (χ2n) is 5.86. The third-order valence-electron chi connectivity index (χ3n) is 3.80. The van der Waals surface area contributed by atoms with Gasteiger partial charge in [-0.1, -0.05) is 31.0 Å². The van der Waals surface area contributed by atoms with Crippen LogP contribution >= 0.6 is 11.6 Å². The number of aryl methyl sites for hydroxylation is 1. The largest absolute Gasteiger partial charge is 0.493 e. The molecule has 0 aliphatic carbocycles. The minimum absolute atomic E-state index is 0.131. The molecular weight excluding hydrogens is 370 g/mol. The smallest absolute Gasteiger partial charge is 0.315 e. The van der Waals surface area contributed by atoms with E-state index in [1.807, 2.05) is 26.0 Å². The Morgan fingerprint density at radius 1 is 1.33 bits per heavy atom. The highest BCUT2D eigenvalue weighted by atomic mass is 35.5. The molecule has 7 nitrogen and oxygen atoms in total. The first-order chi connectivity index (χ1) is 13.0. The summed E-state index contributed by atoms with van der Waals surface area (Å²) in [5, 5.41) is 16.2. The summed E-state index contributed by atoms with van der Waals surface area (Å²) in [7, 11) is 1.44. The standard InChI is InChI=1S/C19H22ClN3O4/c1-4-5-8-27-19-17(23(24)25)9-14(10-18(19)26-3)12-21-22-15-7-6-13(2)16(20)11-15/h6-7,9-12,22H,4-5,8H2,1-3H3/b21-12+. The highest BCUT2D eigenvalue weighted by molar-refractivity contribution is 6.31. The lowest BCUT2D eigenvalue weighted by atomic mass is 10.2. The van der Waals surface area contributed by atoms with E-state index in [1.165, 1.54) is 19.4 Å². The maximum Gasteiger partial charge on any atom is 0.315 e. The summed E-state index contributed by atoms with van der Waals surface area (Å²) in [5.41, 5.74) is 4.87. The monoisotopic (exact) mass is 391 g/mol. The number of ether oxygens (including phenoxy) is 2. The number of rotatable bonds is 9. The molecule has 0 unspecified atom stereocenters. The van der Waals surface area contributed by atoms with Gasteiger partial charge in [-0.25, -0.2) is 0 Å². The van der Waals surface area contributed by atoms with Gasteiger partial charge in [0.1, 0.15) is 0 Å². The van der Waals surface area contributed by atoms with Crippen LogP contribution in [0.1, 0.15) is 30.9 Å². The number of unbranched alkanes of at least 4 members (excludes halogenated alkanes) is 1. The van der Waals surface area contributed by atoms with Crippen LogP contribution in [0.5, 0.6) is 11.5 Å². The Balaban J connectivity index is 2.24. The van der Waals surface area contributed by atoms with Gasteiger partial charge in [0, 0.05) is 16.7 Å². The van der Waals surface area contributed by atoms with Crippen molar-refractivity contribution in [2.45, 2.75) is 26.7 Å². The van der Waals surface area contributed by atoms with E-state index in [2.05, 4.69) is 10.5 Å². The van der Waals surface area contributed by atoms with Crippen LogP contribution in [-0.2, 0) is 0 Å². The topological polar surface area (TPSA) is 86.0 Å². The van der Waals surface area contributed by atoms with Crippen molar-refractivity contribution >= 4 is 29.2 Å². The minimum atomic E-state index is -0.492. The third-order valence-corrected chi connectivity index (χ3v) is 4.20. The molecule has 0 spiro atoms. The number of nitrogens with zero attached hydrogens (tertiary/aromatic N) is 2. The summed E-state index contributed by atoms with van der Waals surface area (Å²) >= 11 is 6.08. The number of nitro groups is 1. The number of hydrazone groups is 1. The Kier molecular flexibility index (Phi) is 7.43. The van der Waals surface area contributed by atoms with Gasteiger partial charge in [0.25, 0.3) is 0 Å². The lowest BCUT2D eigenvalue weighted by Gasteiger charge is -2.11. The molecule has 0 bridgehead atoms. The maximum absolute atomic E-state index is 11.4. The van der Waals surface area contributed by atoms with Gasteiger partial charge in [0.15, 0.2) is 5.75 Å². The van der Waals surface area contributed by atoms with E-state index in [9.17, 15) is 10.1 Å². The Labute approximate surface area is 163 Å². The van der Waals surface area contributed by atoms with Crippen molar-refractivity contribution in [3.05, 3.63) is 56.6 Å². The van der Waals surface area contributed by atoms with Crippen LogP contribution in [0.2, 0.25) is 5.02 Å². The van der Waals surface area contributed by atoms with Crippen LogP contribution in [0.25, 0.3) is 0 Å². The summed E-state index contributed by atoms with van der Waals surface area (Å²) in [4.78, 5) is 10.9. The highest BCUT2D eigenvalue weighted by Gasteiger charge is 2.22. The van der Waals surface area contributed by atoms with Crippen molar-refractivity contribution in [2.75, 3.05) is 19.1 Å². The second kappa shape index (κ2) is 9.78. The van der Waals surface area contributed by atoms with E-state index in [0.717, 1.165) is 18.4 Å². The van der Waals surface area contributed by atoms with Gasteiger partial charge in [0.05, 0.1) is 30.5 Å². The molecule has 0 atom stereocenters. The molecule has 0 aliphatic heterocycles. The molecular formula is C19H22ClN3O4. The van der Waals surface area contributed by atoms with Gasteiger partial charge < -0.3 is 9.47 Å². The molecule has 0 saturated carbocycles. The quantitative estimate of drug-likeness (QED) is 0.275. The number of nitro benzene ring substituents is 1. The summed E-state index contributed by atoms with van der Waals surface area (Å²) in [5.74, 6) is 0.423. The molecule has 0 aliphatic rings. The van der Waals surface area contributed by atoms with Crippen molar-refractivity contribution < 1.29 is 14.4 Å². The van der Waals surface area contributed by atoms with Crippen molar-refractivity contribution in [3.63, 3.8) is 0 Å². The molecule has 0 fully saturated rings. The van der Waals surface area contributed by atoms with Crippen molar-refractivity contribution in [1.82, 2.24) is 0 Å². The van der Waals surface area contributed by atoms with E-state index >= 15 is 0 Å². The Hall–Kier alpha value is -2.80. The normalized spacial score (nSPS) is 10.8. The lowest BCUT2D eigenvalue weighted by molar-refractivity contribution is -0.386. The molecule has 0 aromatic heterocycles. The molecule has 2 rings (SSSR count). The fraction of sp³-hybridized carbons (Fsp3) is 0.316. The van der Waals surface area contributed by atoms with Crippen LogP contribution in [0.3, 0.4) is 0 Å². The zero-order chi connectivity index (χ0) is 19.8. The molecule has 0 heterocycles. The van der Waals surface area contributed by atoms with Crippen LogP contribution in [0.15, 0.2) is 35.4 Å². The Morgan fingerprint density at radius 3 is 2.74 bits per heavy atom. The Bertz CT molecular complexity index is 840. The fourth-order valence-corrected chi connectivity index (χ4v) is 2.46. The lowest BCUT2D eigenvalue weighted by Crippen LogP contribution is -2.03. The Morgan fingerprint density at radius 2 is 2.11 bits per heavy atom. The maximum atomic E-state index is 11.4. The number of anilines is 1. The summed E-state index contributed by atoms with van der Waals surface area (Å²) in [6, 6.07) is 8.50. The minimum Gasteiger partial charge on any atom is -0.493 e. The van der Waals surface area contributed by atoms with Gasteiger partial charge in [-0.3, -0.25) is 15.5 Å². The molecule has 0 saturated heterocycles. The van der Waals surface area contributed by atoms with Crippen molar-refractivity contribution in [3.8, 4) is 11.5 Å². The van der Waals surface area contributed by atoms with Crippen LogP contribution < -0.4 is 14.9 Å².